The predicted octanol–water partition coefficient (Wildman–Crippen LogP) is 4.11. The van der Waals surface area contributed by atoms with Crippen molar-refractivity contribution in [2.45, 2.75) is 53.0 Å². The Morgan fingerprint density at radius 2 is 1.88 bits per heavy atom. The van der Waals surface area contributed by atoms with Crippen LogP contribution in [-0.2, 0) is 12.0 Å². The van der Waals surface area contributed by atoms with Crippen LogP contribution >= 0.6 is 0 Å². The van der Waals surface area contributed by atoms with Gasteiger partial charge < -0.3 is 5.73 Å². The topological polar surface area (TPSA) is 26.0 Å². The largest absolute Gasteiger partial charge is 0.321 e. The summed E-state index contributed by atoms with van der Waals surface area (Å²) >= 11 is 0. The fourth-order valence-corrected chi connectivity index (χ4v) is 2.21. The Labute approximate surface area is 106 Å². The first-order valence-corrected chi connectivity index (χ1v) is 6.76. The molecule has 2 unspecified atom stereocenters. The summed E-state index contributed by atoms with van der Waals surface area (Å²) in [4.78, 5) is 0. The molecule has 0 aliphatic rings. The molecule has 0 fully saturated rings. The summed E-state index contributed by atoms with van der Waals surface area (Å²) < 4.78 is 0. The molecule has 0 spiro atoms. The van der Waals surface area contributed by atoms with Gasteiger partial charge in [0.15, 0.2) is 0 Å². The molecule has 0 aromatic heterocycles. The second-order valence-corrected chi connectivity index (χ2v) is 5.89. The zero-order valence-corrected chi connectivity index (χ0v) is 12.0. The molecule has 0 bridgehead atoms. The third kappa shape index (κ3) is 3.57. The molecule has 96 valence electrons. The minimum atomic E-state index is -0.220. The molecule has 0 saturated carbocycles. The van der Waals surface area contributed by atoms with Crippen LogP contribution in [-0.4, -0.2) is 0 Å². The van der Waals surface area contributed by atoms with Gasteiger partial charge in [0.05, 0.1) is 0 Å². The van der Waals surface area contributed by atoms with Crippen LogP contribution in [0.15, 0.2) is 24.3 Å². The van der Waals surface area contributed by atoms with E-state index in [1.807, 2.05) is 0 Å². The molecule has 2 N–H and O–H groups in total. The molecule has 0 saturated heterocycles. The van der Waals surface area contributed by atoms with Crippen molar-refractivity contribution in [3.05, 3.63) is 35.4 Å². The SMILES string of the molecule is CCC(C)C(C)(N)c1cccc(CC(C)C)c1. The van der Waals surface area contributed by atoms with Crippen molar-refractivity contribution in [3.8, 4) is 0 Å². The molecular formula is C16H27N. The van der Waals surface area contributed by atoms with Gasteiger partial charge in [-0.2, -0.15) is 0 Å². The third-order valence-electron chi connectivity index (χ3n) is 3.83. The number of rotatable bonds is 5. The summed E-state index contributed by atoms with van der Waals surface area (Å²) in [7, 11) is 0. The van der Waals surface area contributed by atoms with Gasteiger partial charge in [0.25, 0.3) is 0 Å². The van der Waals surface area contributed by atoms with Gasteiger partial charge in [0, 0.05) is 5.54 Å². The van der Waals surface area contributed by atoms with E-state index in [-0.39, 0.29) is 5.54 Å². The lowest BCUT2D eigenvalue weighted by Gasteiger charge is -2.32. The molecule has 1 rings (SSSR count). The van der Waals surface area contributed by atoms with Crippen molar-refractivity contribution >= 4 is 0 Å². The molecule has 0 aliphatic carbocycles. The van der Waals surface area contributed by atoms with Gasteiger partial charge >= 0.3 is 0 Å². The fraction of sp³-hybridized carbons (Fsp3) is 0.625. The quantitative estimate of drug-likeness (QED) is 0.814. The fourth-order valence-electron chi connectivity index (χ4n) is 2.21. The van der Waals surface area contributed by atoms with Crippen molar-refractivity contribution in [3.63, 3.8) is 0 Å². The Balaban J connectivity index is 2.98. The molecular weight excluding hydrogens is 206 g/mol. The highest BCUT2D eigenvalue weighted by Gasteiger charge is 2.27. The van der Waals surface area contributed by atoms with E-state index in [4.69, 9.17) is 5.73 Å². The second-order valence-electron chi connectivity index (χ2n) is 5.89. The molecule has 0 heterocycles. The Bertz CT molecular complexity index is 352. The van der Waals surface area contributed by atoms with Crippen LogP contribution < -0.4 is 5.73 Å². The molecule has 1 nitrogen and oxygen atoms in total. The number of hydrogen-bond donors (Lipinski definition) is 1. The molecule has 17 heavy (non-hydrogen) atoms. The number of hydrogen-bond acceptors (Lipinski definition) is 1. The molecule has 1 aromatic carbocycles. The van der Waals surface area contributed by atoms with E-state index in [2.05, 4.69) is 58.9 Å². The Kier molecular flexibility index (Phi) is 4.76. The van der Waals surface area contributed by atoms with Crippen molar-refractivity contribution in [1.82, 2.24) is 0 Å². The van der Waals surface area contributed by atoms with Gasteiger partial charge in [-0.1, -0.05) is 58.4 Å². The van der Waals surface area contributed by atoms with Gasteiger partial charge in [0.2, 0.25) is 0 Å². The number of nitrogens with two attached hydrogens (primary N) is 1. The molecule has 2 atom stereocenters. The lowest BCUT2D eigenvalue weighted by atomic mass is 9.79. The van der Waals surface area contributed by atoms with Crippen molar-refractivity contribution < 1.29 is 0 Å². The van der Waals surface area contributed by atoms with Crippen LogP contribution in [0.3, 0.4) is 0 Å². The van der Waals surface area contributed by atoms with Crippen molar-refractivity contribution in [2.24, 2.45) is 17.6 Å². The zero-order chi connectivity index (χ0) is 13.1. The molecule has 0 radical (unpaired) electrons. The van der Waals surface area contributed by atoms with Crippen LogP contribution in [0.1, 0.15) is 52.2 Å². The molecule has 0 aliphatic heterocycles. The van der Waals surface area contributed by atoms with Crippen molar-refractivity contribution in [2.75, 3.05) is 0 Å². The van der Waals surface area contributed by atoms with E-state index in [9.17, 15) is 0 Å². The summed E-state index contributed by atoms with van der Waals surface area (Å²) in [5.74, 6) is 1.19. The first-order chi connectivity index (χ1) is 7.87. The summed E-state index contributed by atoms with van der Waals surface area (Å²) in [6, 6.07) is 8.79. The Morgan fingerprint density at radius 1 is 1.24 bits per heavy atom. The van der Waals surface area contributed by atoms with E-state index in [0.717, 1.165) is 12.8 Å². The van der Waals surface area contributed by atoms with Gasteiger partial charge in [-0.3, -0.25) is 0 Å². The van der Waals surface area contributed by atoms with Crippen LogP contribution in [0.5, 0.6) is 0 Å². The van der Waals surface area contributed by atoms with Gasteiger partial charge in [-0.05, 0) is 36.3 Å². The summed E-state index contributed by atoms with van der Waals surface area (Å²) in [6.07, 6.45) is 2.24. The van der Waals surface area contributed by atoms with Crippen molar-refractivity contribution in [1.29, 1.82) is 0 Å². The van der Waals surface area contributed by atoms with E-state index in [1.54, 1.807) is 0 Å². The van der Waals surface area contributed by atoms with Crippen LogP contribution in [0.25, 0.3) is 0 Å². The van der Waals surface area contributed by atoms with Gasteiger partial charge in [0.1, 0.15) is 0 Å². The zero-order valence-electron chi connectivity index (χ0n) is 12.0. The first-order valence-electron chi connectivity index (χ1n) is 6.76. The highest BCUT2D eigenvalue weighted by atomic mass is 14.7. The summed E-state index contributed by atoms with van der Waals surface area (Å²) in [5.41, 5.74) is 8.94. The normalized spacial score (nSPS) is 16.9. The smallest absolute Gasteiger partial charge is 0.0406 e. The predicted molar refractivity (Wildman–Crippen MR) is 76.0 cm³/mol. The maximum atomic E-state index is 6.49. The minimum absolute atomic E-state index is 0.220. The van der Waals surface area contributed by atoms with E-state index in [0.29, 0.717) is 11.8 Å². The monoisotopic (exact) mass is 233 g/mol. The van der Waals surface area contributed by atoms with E-state index in [1.165, 1.54) is 11.1 Å². The Hall–Kier alpha value is -0.820. The van der Waals surface area contributed by atoms with E-state index < -0.39 is 0 Å². The second kappa shape index (κ2) is 5.68. The third-order valence-corrected chi connectivity index (χ3v) is 3.83. The lowest BCUT2D eigenvalue weighted by molar-refractivity contribution is 0.316. The molecule has 1 heteroatoms. The summed E-state index contributed by atoms with van der Waals surface area (Å²) in [5, 5.41) is 0. The van der Waals surface area contributed by atoms with Crippen LogP contribution in [0.4, 0.5) is 0 Å². The lowest BCUT2D eigenvalue weighted by Crippen LogP contribution is -2.39. The molecule has 0 amide bonds. The van der Waals surface area contributed by atoms with Gasteiger partial charge in [-0.15, -0.1) is 0 Å². The Morgan fingerprint density at radius 3 is 2.41 bits per heavy atom. The minimum Gasteiger partial charge on any atom is -0.321 e. The maximum absolute atomic E-state index is 6.49. The standard InChI is InChI=1S/C16H27N/c1-6-13(4)16(5,17)15-9-7-8-14(11-15)10-12(2)3/h7-9,11-13H,6,10,17H2,1-5H3. The highest BCUT2D eigenvalue weighted by Crippen LogP contribution is 2.29. The van der Waals surface area contributed by atoms with Crippen LogP contribution in [0.2, 0.25) is 0 Å². The molecule has 1 aromatic rings. The van der Waals surface area contributed by atoms with Crippen LogP contribution in [0, 0.1) is 11.8 Å². The van der Waals surface area contributed by atoms with Gasteiger partial charge in [-0.25, -0.2) is 0 Å². The van der Waals surface area contributed by atoms with E-state index >= 15 is 0 Å². The average Bonchev–Trinajstić information content (AvgIpc) is 2.27. The highest BCUT2D eigenvalue weighted by molar-refractivity contribution is 5.29. The average molecular weight is 233 g/mol. The number of benzene rings is 1. The summed E-state index contributed by atoms with van der Waals surface area (Å²) in [6.45, 7) is 11.1. The first kappa shape index (κ1) is 14.2. The maximum Gasteiger partial charge on any atom is 0.0406 e.